The van der Waals surface area contributed by atoms with Crippen LogP contribution in [0.4, 0.5) is 4.39 Å². The number of aryl methyl sites for hydroxylation is 1. The maximum Gasteiger partial charge on any atom is 0.245 e. The molecule has 5 rings (SSSR count). The van der Waals surface area contributed by atoms with Crippen molar-refractivity contribution in [2.24, 2.45) is 0 Å². The number of halogens is 1. The van der Waals surface area contributed by atoms with Crippen molar-refractivity contribution in [2.45, 2.75) is 51.4 Å². The molecule has 1 fully saturated rings. The highest BCUT2D eigenvalue weighted by atomic mass is 19.1. The number of carbonyl (C=O) groups excluding carboxylic acids is 1. The minimum Gasteiger partial charge on any atom is -0.377 e. The molecule has 6 heteroatoms. The summed E-state index contributed by atoms with van der Waals surface area (Å²) in [6.45, 7) is 11.9. The van der Waals surface area contributed by atoms with Crippen LogP contribution in [0.1, 0.15) is 53.2 Å². The minimum absolute atomic E-state index is 0.0356. The summed E-state index contributed by atoms with van der Waals surface area (Å²) in [6, 6.07) is 23.6. The quantitative estimate of drug-likeness (QED) is 0.398. The molecule has 5 nitrogen and oxygen atoms in total. The molecule has 0 spiro atoms. The molecule has 3 unspecified atom stereocenters. The highest BCUT2D eigenvalue weighted by molar-refractivity contribution is 5.82. The minimum atomic E-state index is -0.396. The molecule has 1 saturated heterocycles. The van der Waals surface area contributed by atoms with E-state index in [0.29, 0.717) is 38.2 Å². The molecule has 1 amide bonds. The van der Waals surface area contributed by atoms with Crippen molar-refractivity contribution < 1.29 is 9.18 Å². The standard InChI is InChI=1S/C33H39FN4O/c1-23-12-14-26(15-13-23)21-32(36-24(2)20-31-29-10-5-4-8-27(29)22-35-31)33(39)38-18-16-37(17-19-38)25(3)28-9-6-7-11-30(28)34/h4-15,25,31-32,35-36H,2,16-22H2,1,3H3. The molecule has 0 aromatic heterocycles. The van der Waals surface area contributed by atoms with Crippen LogP contribution in [-0.2, 0) is 17.8 Å². The lowest BCUT2D eigenvalue weighted by Gasteiger charge is -2.39. The van der Waals surface area contributed by atoms with Crippen LogP contribution >= 0.6 is 0 Å². The highest BCUT2D eigenvalue weighted by Gasteiger charge is 2.31. The number of fused-ring (bicyclic) bond motifs is 1. The van der Waals surface area contributed by atoms with Crippen molar-refractivity contribution >= 4 is 5.91 Å². The molecule has 0 aliphatic carbocycles. The molecule has 39 heavy (non-hydrogen) atoms. The summed E-state index contributed by atoms with van der Waals surface area (Å²) in [5.74, 6) is -0.0848. The lowest BCUT2D eigenvalue weighted by Crippen LogP contribution is -2.54. The van der Waals surface area contributed by atoms with Crippen LogP contribution in [-0.4, -0.2) is 47.9 Å². The second kappa shape index (κ2) is 12.1. The van der Waals surface area contributed by atoms with Gasteiger partial charge < -0.3 is 15.5 Å². The molecule has 3 aromatic carbocycles. The van der Waals surface area contributed by atoms with Crippen molar-refractivity contribution in [3.63, 3.8) is 0 Å². The van der Waals surface area contributed by atoms with E-state index in [1.807, 2.05) is 24.0 Å². The molecule has 2 N–H and O–H groups in total. The summed E-state index contributed by atoms with van der Waals surface area (Å²) >= 11 is 0. The summed E-state index contributed by atoms with van der Waals surface area (Å²) in [6.07, 6.45) is 1.32. The lowest BCUT2D eigenvalue weighted by atomic mass is 9.99. The Hall–Kier alpha value is -3.48. The maximum atomic E-state index is 14.4. The zero-order chi connectivity index (χ0) is 27.4. The molecule has 2 aliphatic rings. The zero-order valence-corrected chi connectivity index (χ0v) is 23.0. The van der Waals surface area contributed by atoms with Crippen LogP contribution < -0.4 is 10.6 Å². The first-order valence-corrected chi connectivity index (χ1v) is 14.0. The number of hydrogen-bond acceptors (Lipinski definition) is 4. The number of nitrogens with zero attached hydrogens (tertiary/aromatic N) is 2. The third-order valence-electron chi connectivity index (χ3n) is 8.19. The summed E-state index contributed by atoms with van der Waals surface area (Å²) in [5.41, 5.74) is 6.52. The van der Waals surface area contributed by atoms with Gasteiger partial charge in [0.2, 0.25) is 5.91 Å². The van der Waals surface area contributed by atoms with Crippen LogP contribution in [0, 0.1) is 12.7 Å². The maximum absolute atomic E-state index is 14.4. The van der Waals surface area contributed by atoms with Gasteiger partial charge in [-0.15, -0.1) is 0 Å². The molecule has 0 radical (unpaired) electrons. The monoisotopic (exact) mass is 526 g/mol. The first-order valence-electron chi connectivity index (χ1n) is 14.0. The fraction of sp³-hybridized carbons (Fsp3) is 0.364. The van der Waals surface area contributed by atoms with Gasteiger partial charge in [-0.1, -0.05) is 78.9 Å². The molecule has 2 aliphatic heterocycles. The average molecular weight is 527 g/mol. The van der Waals surface area contributed by atoms with Crippen LogP contribution in [0.15, 0.2) is 85.1 Å². The number of hydrogen-bond donors (Lipinski definition) is 2. The van der Waals surface area contributed by atoms with Gasteiger partial charge in [-0.25, -0.2) is 4.39 Å². The summed E-state index contributed by atoms with van der Waals surface area (Å²) in [5, 5.41) is 7.09. The van der Waals surface area contributed by atoms with Crippen molar-refractivity contribution in [3.8, 4) is 0 Å². The number of benzene rings is 3. The Bertz CT molecular complexity index is 1300. The van der Waals surface area contributed by atoms with E-state index in [2.05, 4.69) is 77.6 Å². The predicted octanol–water partition coefficient (Wildman–Crippen LogP) is 5.29. The molecular formula is C33H39FN4O. The number of carbonyl (C=O) groups is 1. The summed E-state index contributed by atoms with van der Waals surface area (Å²) in [4.78, 5) is 18.1. The third-order valence-corrected chi connectivity index (χ3v) is 8.19. The normalized spacial score (nSPS) is 18.8. The Morgan fingerprint density at radius 3 is 2.46 bits per heavy atom. The zero-order valence-electron chi connectivity index (χ0n) is 23.0. The van der Waals surface area contributed by atoms with E-state index in [9.17, 15) is 9.18 Å². The van der Waals surface area contributed by atoms with Crippen LogP contribution in [0.25, 0.3) is 0 Å². The van der Waals surface area contributed by atoms with Crippen molar-refractivity contribution in [1.29, 1.82) is 0 Å². The lowest BCUT2D eigenvalue weighted by molar-refractivity contribution is -0.135. The topological polar surface area (TPSA) is 47.6 Å². The van der Waals surface area contributed by atoms with Gasteiger partial charge in [-0.05, 0) is 36.6 Å². The van der Waals surface area contributed by atoms with Crippen LogP contribution in [0.2, 0.25) is 0 Å². The van der Waals surface area contributed by atoms with Crippen LogP contribution in [0.5, 0.6) is 0 Å². The average Bonchev–Trinajstić information content (AvgIpc) is 3.36. The van der Waals surface area contributed by atoms with Crippen LogP contribution in [0.3, 0.4) is 0 Å². The second-order valence-corrected chi connectivity index (χ2v) is 10.9. The number of nitrogens with one attached hydrogen (secondary N) is 2. The number of piperazine rings is 1. The van der Waals surface area contributed by atoms with Gasteiger partial charge in [0.25, 0.3) is 0 Å². The van der Waals surface area contributed by atoms with Gasteiger partial charge in [0.05, 0.1) is 0 Å². The van der Waals surface area contributed by atoms with E-state index in [1.54, 1.807) is 6.07 Å². The molecule has 0 saturated carbocycles. The molecule has 3 atom stereocenters. The van der Waals surface area contributed by atoms with E-state index in [1.165, 1.54) is 22.8 Å². The third kappa shape index (κ3) is 6.40. The number of rotatable bonds is 9. The first-order chi connectivity index (χ1) is 18.9. The fourth-order valence-electron chi connectivity index (χ4n) is 5.83. The SMILES string of the molecule is C=C(CC1NCc2ccccc21)NC(Cc1ccc(C)cc1)C(=O)N1CCN(C(C)c2ccccc2F)CC1. The van der Waals surface area contributed by atoms with Gasteiger partial charge in [-0.3, -0.25) is 9.69 Å². The van der Waals surface area contributed by atoms with Gasteiger partial charge in [0, 0.05) is 68.9 Å². The molecule has 0 bridgehead atoms. The Morgan fingerprint density at radius 2 is 1.72 bits per heavy atom. The van der Waals surface area contributed by atoms with Gasteiger partial charge in [0.1, 0.15) is 11.9 Å². The van der Waals surface area contributed by atoms with Gasteiger partial charge in [0.15, 0.2) is 0 Å². The molecule has 204 valence electrons. The van der Waals surface area contributed by atoms with E-state index in [0.717, 1.165) is 24.2 Å². The van der Waals surface area contributed by atoms with Crippen molar-refractivity contribution in [2.75, 3.05) is 26.2 Å². The van der Waals surface area contributed by atoms with E-state index < -0.39 is 6.04 Å². The molecule has 3 aromatic rings. The largest absolute Gasteiger partial charge is 0.377 e. The smallest absolute Gasteiger partial charge is 0.245 e. The Morgan fingerprint density at radius 1 is 1.03 bits per heavy atom. The molecule has 2 heterocycles. The fourth-order valence-corrected chi connectivity index (χ4v) is 5.83. The second-order valence-electron chi connectivity index (χ2n) is 10.9. The van der Waals surface area contributed by atoms with E-state index in [-0.39, 0.29) is 23.8 Å². The van der Waals surface area contributed by atoms with E-state index in [4.69, 9.17) is 0 Å². The highest BCUT2D eigenvalue weighted by Crippen LogP contribution is 2.29. The summed E-state index contributed by atoms with van der Waals surface area (Å²) < 4.78 is 14.4. The predicted molar refractivity (Wildman–Crippen MR) is 155 cm³/mol. The Kier molecular flexibility index (Phi) is 8.44. The van der Waals surface area contributed by atoms with E-state index >= 15 is 0 Å². The Balaban J connectivity index is 1.25. The van der Waals surface area contributed by atoms with Crippen molar-refractivity contribution in [3.05, 3.63) is 119 Å². The summed E-state index contributed by atoms with van der Waals surface area (Å²) in [7, 11) is 0. The first kappa shape index (κ1) is 27.1. The molecular weight excluding hydrogens is 487 g/mol. The van der Waals surface area contributed by atoms with Gasteiger partial charge >= 0.3 is 0 Å². The van der Waals surface area contributed by atoms with Crippen molar-refractivity contribution in [1.82, 2.24) is 20.4 Å². The van der Waals surface area contributed by atoms with Gasteiger partial charge in [-0.2, -0.15) is 0 Å². The Labute approximate surface area is 231 Å². The number of amides is 1.